The van der Waals surface area contributed by atoms with Gasteiger partial charge in [0.2, 0.25) is 5.76 Å². The molecule has 1 atom stereocenters. The number of nitrogens with one attached hydrogen (secondary N) is 3. The van der Waals surface area contributed by atoms with E-state index in [2.05, 4.69) is 16.2 Å². The number of benzene rings is 3. The fourth-order valence-corrected chi connectivity index (χ4v) is 3.72. The van der Waals surface area contributed by atoms with Crippen LogP contribution in [0.4, 0.5) is 11.4 Å². The number of nitro benzene ring substituents is 1. The van der Waals surface area contributed by atoms with E-state index in [0.717, 1.165) is 23.4 Å². The highest BCUT2D eigenvalue weighted by Crippen LogP contribution is 2.28. The van der Waals surface area contributed by atoms with Crippen LogP contribution >= 0.6 is 11.6 Å². The van der Waals surface area contributed by atoms with Gasteiger partial charge in [0, 0.05) is 33.9 Å². The second-order valence-electron chi connectivity index (χ2n) is 8.03. The number of furan rings is 1. The van der Waals surface area contributed by atoms with Gasteiger partial charge >= 0.3 is 11.6 Å². The molecule has 0 spiro atoms. The number of hydrogen-bond acceptors (Lipinski definition) is 7. The zero-order valence-electron chi connectivity index (χ0n) is 19.4. The monoisotopic (exact) mass is 520 g/mol. The Hall–Kier alpha value is -4.83. The number of phenolic OH excluding ortho intramolecular Hbond substituents is 1. The van der Waals surface area contributed by atoms with Gasteiger partial charge in [0.05, 0.1) is 11.2 Å². The number of phenols is 1. The molecular weight excluding hydrogens is 500 g/mol. The molecule has 1 heterocycles. The average Bonchev–Trinajstić information content (AvgIpc) is 3.38. The molecule has 2 amide bonds. The molecule has 3 aromatic carbocycles. The summed E-state index contributed by atoms with van der Waals surface area (Å²) < 4.78 is 5.34. The maximum Gasteiger partial charge on any atom is 0.311 e. The maximum atomic E-state index is 12.7. The minimum atomic E-state index is -0.820. The molecule has 0 saturated carbocycles. The number of anilines is 1. The topological polar surface area (TPSA) is 147 Å². The predicted molar refractivity (Wildman–Crippen MR) is 137 cm³/mol. The van der Waals surface area contributed by atoms with E-state index in [1.165, 1.54) is 12.3 Å². The summed E-state index contributed by atoms with van der Waals surface area (Å²) >= 11 is 5.95. The van der Waals surface area contributed by atoms with Gasteiger partial charge in [-0.15, -0.1) is 0 Å². The molecule has 4 rings (SSSR count). The number of hydrogen-bond donors (Lipinski definition) is 4. The number of halogens is 1. The van der Waals surface area contributed by atoms with E-state index >= 15 is 0 Å². The molecule has 1 unspecified atom stereocenters. The lowest BCUT2D eigenvalue weighted by Crippen LogP contribution is -2.41. The molecule has 1 aromatic heterocycles. The first-order chi connectivity index (χ1) is 17.7. The Bertz CT molecular complexity index is 1450. The Balaban J connectivity index is 1.41. The summed E-state index contributed by atoms with van der Waals surface area (Å²) in [6, 6.07) is 19.7. The van der Waals surface area contributed by atoms with Crippen molar-refractivity contribution in [1.29, 1.82) is 0 Å². The van der Waals surface area contributed by atoms with E-state index in [9.17, 15) is 24.8 Å². The van der Waals surface area contributed by atoms with E-state index in [-0.39, 0.29) is 17.4 Å². The number of nitrogens with zero attached hydrogens (tertiary/aromatic N) is 1. The van der Waals surface area contributed by atoms with Crippen molar-refractivity contribution in [2.75, 3.05) is 5.32 Å². The van der Waals surface area contributed by atoms with E-state index in [1.54, 1.807) is 6.07 Å². The van der Waals surface area contributed by atoms with E-state index in [4.69, 9.17) is 16.0 Å². The Morgan fingerprint density at radius 2 is 1.65 bits per heavy atom. The quantitative estimate of drug-likeness (QED) is 0.187. The van der Waals surface area contributed by atoms with E-state index in [1.807, 2.05) is 55.5 Å². The first kappa shape index (κ1) is 25.3. The van der Waals surface area contributed by atoms with Crippen LogP contribution in [0.1, 0.15) is 39.4 Å². The lowest BCUT2D eigenvalue weighted by Gasteiger charge is -2.16. The Morgan fingerprint density at radius 1 is 0.973 bits per heavy atom. The zero-order chi connectivity index (χ0) is 26.5. The number of nitro groups is 1. The summed E-state index contributed by atoms with van der Waals surface area (Å²) in [7, 11) is 0. The summed E-state index contributed by atoms with van der Waals surface area (Å²) in [6.45, 7) is 2.03. The van der Waals surface area contributed by atoms with Crippen LogP contribution in [0.25, 0.3) is 11.1 Å². The summed E-state index contributed by atoms with van der Waals surface area (Å²) in [5.41, 5.74) is 6.82. The standard InChI is InChI=1S/C26H21ClN4O6/c1-15(16-2-7-19(27)8-3-16)28-20-9-4-17(5-10-20)21-12-13-37-24(21)26(34)30-29-25(33)18-6-11-23(32)22(14-18)31(35)36/h2-15,28,32H,1H3,(H,29,33)(H,30,34). The molecule has 4 aromatic rings. The smallest absolute Gasteiger partial charge is 0.311 e. The third kappa shape index (κ3) is 5.88. The minimum Gasteiger partial charge on any atom is -0.502 e. The van der Waals surface area contributed by atoms with Gasteiger partial charge in [-0.2, -0.15) is 0 Å². The Morgan fingerprint density at radius 3 is 2.32 bits per heavy atom. The van der Waals surface area contributed by atoms with Crippen LogP contribution in [0.3, 0.4) is 0 Å². The minimum absolute atomic E-state index is 0.0350. The zero-order valence-corrected chi connectivity index (χ0v) is 20.2. The van der Waals surface area contributed by atoms with Crippen LogP contribution in [0.15, 0.2) is 83.5 Å². The van der Waals surface area contributed by atoms with Gasteiger partial charge in [-0.3, -0.25) is 30.6 Å². The third-order valence-electron chi connectivity index (χ3n) is 5.54. The summed E-state index contributed by atoms with van der Waals surface area (Å²) in [4.78, 5) is 35.1. The van der Waals surface area contributed by atoms with Crippen LogP contribution < -0.4 is 16.2 Å². The molecule has 11 heteroatoms. The molecular formula is C26H21ClN4O6. The van der Waals surface area contributed by atoms with Gasteiger partial charge < -0.3 is 14.8 Å². The van der Waals surface area contributed by atoms with Crippen molar-refractivity contribution in [3.8, 4) is 16.9 Å². The molecule has 0 aliphatic carbocycles. The van der Waals surface area contributed by atoms with E-state index in [0.29, 0.717) is 16.1 Å². The lowest BCUT2D eigenvalue weighted by molar-refractivity contribution is -0.385. The lowest BCUT2D eigenvalue weighted by atomic mass is 10.0. The van der Waals surface area contributed by atoms with Crippen LogP contribution in [-0.4, -0.2) is 21.8 Å². The van der Waals surface area contributed by atoms with Gasteiger partial charge in [-0.25, -0.2) is 0 Å². The van der Waals surface area contributed by atoms with Gasteiger partial charge in [-0.05, 0) is 60.5 Å². The Labute approximate surface area is 216 Å². The first-order valence-electron chi connectivity index (χ1n) is 11.0. The highest BCUT2D eigenvalue weighted by Gasteiger charge is 2.20. The number of carbonyl (C=O) groups excluding carboxylic acids is 2. The van der Waals surface area contributed by atoms with Crippen molar-refractivity contribution >= 4 is 34.8 Å². The summed E-state index contributed by atoms with van der Waals surface area (Å²) in [5.74, 6) is -2.14. The number of amides is 2. The molecule has 10 nitrogen and oxygen atoms in total. The summed E-state index contributed by atoms with van der Waals surface area (Å²) in [6.07, 6.45) is 1.35. The van der Waals surface area contributed by atoms with Crippen molar-refractivity contribution < 1.29 is 24.0 Å². The molecule has 0 aliphatic heterocycles. The maximum absolute atomic E-state index is 12.7. The molecule has 188 valence electrons. The van der Waals surface area contributed by atoms with Crippen molar-refractivity contribution in [2.45, 2.75) is 13.0 Å². The molecule has 0 aliphatic rings. The molecule has 0 radical (unpaired) electrons. The normalized spacial score (nSPS) is 11.4. The van der Waals surface area contributed by atoms with Gasteiger partial charge in [0.25, 0.3) is 5.91 Å². The fraction of sp³-hybridized carbons (Fsp3) is 0.0769. The second-order valence-corrected chi connectivity index (χ2v) is 8.46. The van der Waals surface area contributed by atoms with Crippen molar-refractivity contribution in [2.24, 2.45) is 0 Å². The van der Waals surface area contributed by atoms with Crippen molar-refractivity contribution in [1.82, 2.24) is 10.9 Å². The summed E-state index contributed by atoms with van der Waals surface area (Å²) in [5, 5.41) is 24.6. The van der Waals surface area contributed by atoms with E-state index < -0.39 is 28.2 Å². The number of hydrazine groups is 1. The SMILES string of the molecule is CC(Nc1ccc(-c2ccoc2C(=O)NNC(=O)c2ccc(O)c([N+](=O)[O-])c2)cc1)c1ccc(Cl)cc1. The van der Waals surface area contributed by atoms with Crippen molar-refractivity contribution in [3.05, 3.63) is 111 Å². The van der Waals surface area contributed by atoms with Crippen molar-refractivity contribution in [3.63, 3.8) is 0 Å². The van der Waals surface area contributed by atoms with Gasteiger partial charge in [-0.1, -0.05) is 35.9 Å². The van der Waals surface area contributed by atoms with Crippen LogP contribution in [0.2, 0.25) is 5.02 Å². The highest BCUT2D eigenvalue weighted by atomic mass is 35.5. The first-order valence-corrected chi connectivity index (χ1v) is 11.4. The molecule has 37 heavy (non-hydrogen) atoms. The van der Waals surface area contributed by atoms with Crippen LogP contribution in [-0.2, 0) is 0 Å². The molecule has 0 fully saturated rings. The average molecular weight is 521 g/mol. The fourth-order valence-electron chi connectivity index (χ4n) is 3.60. The molecule has 0 saturated heterocycles. The predicted octanol–water partition coefficient (Wildman–Crippen LogP) is 5.46. The largest absolute Gasteiger partial charge is 0.502 e. The van der Waals surface area contributed by atoms with Crippen LogP contribution in [0.5, 0.6) is 5.75 Å². The second kappa shape index (κ2) is 10.8. The number of rotatable bonds is 7. The Kier molecular flexibility index (Phi) is 7.40. The van der Waals surface area contributed by atoms with Gasteiger partial charge in [0.1, 0.15) is 0 Å². The molecule has 4 N–H and O–H groups in total. The number of carbonyl (C=O) groups is 2. The third-order valence-corrected chi connectivity index (χ3v) is 5.80. The highest BCUT2D eigenvalue weighted by molar-refractivity contribution is 6.30. The van der Waals surface area contributed by atoms with Crippen LogP contribution in [0, 0.1) is 10.1 Å². The van der Waals surface area contributed by atoms with Gasteiger partial charge in [0.15, 0.2) is 5.75 Å². The molecule has 0 bridgehead atoms. The number of aromatic hydroxyl groups is 1.